The molecule has 1 fully saturated rings. The Morgan fingerprint density at radius 1 is 1.25 bits per heavy atom. The number of likely N-dealkylation sites (N-methyl/N-ethyl adjacent to an activating group) is 1. The third-order valence-electron chi connectivity index (χ3n) is 4.50. The highest BCUT2D eigenvalue weighted by Gasteiger charge is 2.44. The minimum Gasteiger partial charge on any atom is -0.507 e. The van der Waals surface area contributed by atoms with Gasteiger partial charge in [0.2, 0.25) is 0 Å². The number of nitro groups is 1. The van der Waals surface area contributed by atoms with Gasteiger partial charge >= 0.3 is 0 Å². The summed E-state index contributed by atoms with van der Waals surface area (Å²) in [5.41, 5.74) is -0.267. The van der Waals surface area contributed by atoms with Crippen molar-refractivity contribution in [2.45, 2.75) is 6.04 Å². The van der Waals surface area contributed by atoms with Gasteiger partial charge in [-0.15, -0.1) is 0 Å². The van der Waals surface area contributed by atoms with E-state index in [0.29, 0.717) is 0 Å². The molecule has 0 spiro atoms. The highest BCUT2D eigenvalue weighted by atomic mass is 19.1. The maximum absolute atomic E-state index is 14.0. The summed E-state index contributed by atoms with van der Waals surface area (Å²) in [7, 11) is 2.63. The van der Waals surface area contributed by atoms with Gasteiger partial charge in [-0.05, 0) is 23.8 Å². The quantitative estimate of drug-likeness (QED) is 0.284. The summed E-state index contributed by atoms with van der Waals surface area (Å²) in [6.45, 7) is 0. The van der Waals surface area contributed by atoms with Gasteiger partial charge in [0.15, 0.2) is 11.6 Å². The smallest absolute Gasteiger partial charge is 0.295 e. The Hall–Kier alpha value is -3.75. The second kappa shape index (κ2) is 7.10. The molecule has 144 valence electrons. The Balaban J connectivity index is 2.18. The highest BCUT2D eigenvalue weighted by Crippen LogP contribution is 2.39. The molecule has 0 aromatic heterocycles. The first-order chi connectivity index (χ1) is 13.3. The van der Waals surface area contributed by atoms with Gasteiger partial charge in [-0.25, -0.2) is 4.39 Å². The molecule has 1 amide bonds. The molecule has 0 bridgehead atoms. The van der Waals surface area contributed by atoms with Crippen LogP contribution in [0.2, 0.25) is 0 Å². The molecule has 2 aromatic carbocycles. The SMILES string of the molecule is COc1ccc(/C(O)=C2\C(=O)C(=O)N(C)C2c2cccc([N+](=O)[O-])c2)cc1F. The zero-order chi connectivity index (χ0) is 20.6. The number of halogens is 1. The van der Waals surface area contributed by atoms with E-state index < -0.39 is 34.2 Å². The molecule has 8 nitrogen and oxygen atoms in total. The average molecular weight is 386 g/mol. The summed E-state index contributed by atoms with van der Waals surface area (Å²) in [5, 5.41) is 21.7. The van der Waals surface area contributed by atoms with Crippen molar-refractivity contribution in [1.29, 1.82) is 0 Å². The summed E-state index contributed by atoms with van der Waals surface area (Å²) in [6.07, 6.45) is 0. The van der Waals surface area contributed by atoms with Crippen molar-refractivity contribution < 1.29 is 28.7 Å². The van der Waals surface area contributed by atoms with E-state index >= 15 is 0 Å². The Bertz CT molecular complexity index is 1030. The molecular formula is C19H15FN2O6. The number of ether oxygens (including phenoxy) is 1. The molecule has 0 radical (unpaired) electrons. The van der Waals surface area contributed by atoms with Gasteiger partial charge in [0.05, 0.1) is 23.6 Å². The fraction of sp³-hybridized carbons (Fsp3) is 0.158. The number of aliphatic hydroxyl groups is 1. The van der Waals surface area contributed by atoms with Crippen LogP contribution in [0.4, 0.5) is 10.1 Å². The summed E-state index contributed by atoms with van der Waals surface area (Å²) < 4.78 is 18.8. The largest absolute Gasteiger partial charge is 0.507 e. The number of carbonyl (C=O) groups excluding carboxylic acids is 2. The van der Waals surface area contributed by atoms with Crippen molar-refractivity contribution in [3.8, 4) is 5.75 Å². The number of likely N-dealkylation sites (tertiary alicyclic amines) is 1. The van der Waals surface area contributed by atoms with Crippen molar-refractivity contribution in [2.24, 2.45) is 0 Å². The van der Waals surface area contributed by atoms with Gasteiger partial charge in [-0.2, -0.15) is 0 Å². The van der Waals surface area contributed by atoms with E-state index in [4.69, 9.17) is 4.74 Å². The number of hydrogen-bond donors (Lipinski definition) is 1. The highest BCUT2D eigenvalue weighted by molar-refractivity contribution is 6.46. The minimum absolute atomic E-state index is 0.0276. The van der Waals surface area contributed by atoms with E-state index in [9.17, 15) is 29.2 Å². The number of ketones is 1. The predicted octanol–water partition coefficient (Wildman–Crippen LogP) is 2.79. The van der Waals surface area contributed by atoms with Crippen LogP contribution in [-0.4, -0.2) is 40.8 Å². The molecule has 0 saturated carbocycles. The van der Waals surface area contributed by atoms with Gasteiger partial charge in [0.25, 0.3) is 17.4 Å². The standard InChI is InChI=1S/C19H15FN2O6/c1-21-16(10-4-3-5-12(8-10)22(26)27)15(18(24)19(21)25)17(23)11-6-7-14(28-2)13(20)9-11/h3-9,16,23H,1-2H3/b17-15+. The van der Waals surface area contributed by atoms with Crippen LogP contribution in [0, 0.1) is 15.9 Å². The zero-order valence-corrected chi connectivity index (χ0v) is 14.9. The molecule has 1 aliphatic rings. The molecule has 3 rings (SSSR count). The number of amides is 1. The Morgan fingerprint density at radius 2 is 1.96 bits per heavy atom. The number of nitro benzene ring substituents is 1. The minimum atomic E-state index is -1.05. The molecule has 1 heterocycles. The zero-order valence-electron chi connectivity index (χ0n) is 14.9. The molecule has 2 aromatic rings. The van der Waals surface area contributed by atoms with Crippen LogP contribution in [0.5, 0.6) is 5.75 Å². The third-order valence-corrected chi connectivity index (χ3v) is 4.50. The fourth-order valence-corrected chi connectivity index (χ4v) is 3.12. The molecule has 1 unspecified atom stereocenters. The van der Waals surface area contributed by atoms with Gasteiger partial charge < -0.3 is 14.7 Å². The first kappa shape index (κ1) is 19.0. The molecule has 0 aliphatic carbocycles. The number of benzene rings is 2. The van der Waals surface area contributed by atoms with Crippen molar-refractivity contribution >= 4 is 23.1 Å². The van der Waals surface area contributed by atoms with E-state index in [1.165, 1.54) is 50.6 Å². The lowest BCUT2D eigenvalue weighted by Gasteiger charge is -2.20. The Kier molecular flexibility index (Phi) is 4.83. The first-order valence-corrected chi connectivity index (χ1v) is 8.09. The van der Waals surface area contributed by atoms with E-state index in [1.54, 1.807) is 0 Å². The van der Waals surface area contributed by atoms with E-state index in [2.05, 4.69) is 0 Å². The van der Waals surface area contributed by atoms with Crippen molar-refractivity contribution in [3.05, 3.63) is 75.1 Å². The van der Waals surface area contributed by atoms with Gasteiger partial charge in [0, 0.05) is 24.7 Å². The second-order valence-corrected chi connectivity index (χ2v) is 6.11. The Morgan fingerprint density at radius 3 is 2.57 bits per heavy atom. The molecule has 9 heteroatoms. The topological polar surface area (TPSA) is 110 Å². The second-order valence-electron chi connectivity index (χ2n) is 6.11. The number of rotatable bonds is 4. The predicted molar refractivity (Wildman–Crippen MR) is 96.1 cm³/mol. The van der Waals surface area contributed by atoms with Crippen molar-refractivity contribution in [1.82, 2.24) is 4.90 Å². The number of aliphatic hydroxyl groups excluding tert-OH is 1. The number of hydrogen-bond acceptors (Lipinski definition) is 6. The van der Waals surface area contributed by atoms with Crippen LogP contribution in [0.3, 0.4) is 0 Å². The number of carbonyl (C=O) groups is 2. The van der Waals surface area contributed by atoms with Gasteiger partial charge in [-0.3, -0.25) is 19.7 Å². The lowest BCUT2D eigenvalue weighted by molar-refractivity contribution is -0.384. The number of nitrogens with zero attached hydrogens (tertiary/aromatic N) is 2. The third kappa shape index (κ3) is 3.07. The van der Waals surface area contributed by atoms with Crippen LogP contribution in [0.1, 0.15) is 17.2 Å². The van der Waals surface area contributed by atoms with Crippen LogP contribution in [0.25, 0.3) is 5.76 Å². The molecule has 1 atom stereocenters. The van der Waals surface area contributed by atoms with Gasteiger partial charge in [0.1, 0.15) is 5.76 Å². The average Bonchev–Trinajstić information content (AvgIpc) is 2.91. The number of methoxy groups -OCH3 is 1. The monoisotopic (exact) mass is 386 g/mol. The van der Waals surface area contributed by atoms with E-state index in [1.807, 2.05) is 0 Å². The van der Waals surface area contributed by atoms with Crippen molar-refractivity contribution in [2.75, 3.05) is 14.2 Å². The maximum Gasteiger partial charge on any atom is 0.295 e. The molecule has 1 aliphatic heterocycles. The Labute approximate surface area is 158 Å². The lowest BCUT2D eigenvalue weighted by Crippen LogP contribution is -2.24. The maximum atomic E-state index is 14.0. The molecule has 1 saturated heterocycles. The summed E-state index contributed by atoms with van der Waals surface area (Å²) >= 11 is 0. The summed E-state index contributed by atoms with van der Waals surface area (Å²) in [5.74, 6) is -3.24. The number of non-ortho nitro benzene ring substituents is 1. The van der Waals surface area contributed by atoms with Crippen LogP contribution >= 0.6 is 0 Å². The fourth-order valence-electron chi connectivity index (χ4n) is 3.12. The summed E-state index contributed by atoms with van der Waals surface area (Å²) in [6, 6.07) is 7.93. The van der Waals surface area contributed by atoms with E-state index in [-0.39, 0.29) is 28.1 Å². The summed E-state index contributed by atoms with van der Waals surface area (Å²) in [4.78, 5) is 36.2. The molecule has 28 heavy (non-hydrogen) atoms. The first-order valence-electron chi connectivity index (χ1n) is 8.09. The lowest BCUT2D eigenvalue weighted by atomic mass is 9.95. The molecular weight excluding hydrogens is 371 g/mol. The van der Waals surface area contributed by atoms with Crippen LogP contribution in [0.15, 0.2) is 48.0 Å². The molecule has 1 N–H and O–H groups in total. The number of Topliss-reactive ketones (excluding diaryl/α,β-unsaturated/α-hetero) is 1. The van der Waals surface area contributed by atoms with Gasteiger partial charge in [-0.1, -0.05) is 12.1 Å². The normalized spacial score (nSPS) is 18.4. The van der Waals surface area contributed by atoms with Crippen LogP contribution in [-0.2, 0) is 9.59 Å². The van der Waals surface area contributed by atoms with E-state index in [0.717, 1.165) is 11.0 Å². The van der Waals surface area contributed by atoms with Crippen molar-refractivity contribution in [3.63, 3.8) is 0 Å². The van der Waals surface area contributed by atoms with Crippen LogP contribution < -0.4 is 4.74 Å².